The molecule has 0 heterocycles. The summed E-state index contributed by atoms with van der Waals surface area (Å²) in [6, 6.07) is 0. The molecule has 1 N–H and O–H groups in total. The minimum atomic E-state index is -7.22. The average molecular weight is 1000 g/mol. The molecule has 4 aromatic carbocycles. The molecule has 0 radical (unpaired) electrons. The summed E-state index contributed by atoms with van der Waals surface area (Å²) < 4.78 is 332. The molecule has 1 nitrogen and oxygen atoms in total. The summed E-state index contributed by atoms with van der Waals surface area (Å²) in [6.07, 6.45) is 2.50. The summed E-state index contributed by atoms with van der Waals surface area (Å²) in [5, 5.41) is 0. The van der Waals surface area contributed by atoms with E-state index in [9.17, 15) is 65.9 Å². The molecule has 0 aliphatic carbocycles. The normalized spacial score (nSPS) is 12.1. The molecule has 0 amide bonds. The second-order valence-electron chi connectivity index (χ2n) is 15.4. The summed E-state index contributed by atoms with van der Waals surface area (Å²) in [6.45, 7) is 5.06. The minimum absolute atomic E-state index is 0.656. The van der Waals surface area contributed by atoms with Crippen LogP contribution < -0.4 is 26.8 Å². The molecule has 0 aliphatic heterocycles. The lowest BCUT2D eigenvalue weighted by atomic mass is 9.12. The molecule has 374 valence electrons. The molecule has 0 atom stereocenters. The Kier molecular flexibility index (Phi) is 19.9. The molecular formula is C42H37BF23N. The number of hydrogen-bond acceptors (Lipinski definition) is 0. The van der Waals surface area contributed by atoms with E-state index in [0.29, 0.717) is 13.1 Å². The Balaban J connectivity index is 0.000000457. The van der Waals surface area contributed by atoms with Crippen molar-refractivity contribution in [2.75, 3.05) is 19.6 Å². The Bertz CT molecular complexity index is 1990. The number of hydrogen-bond donors (Lipinski definition) is 1. The summed E-state index contributed by atoms with van der Waals surface area (Å²) in [7, 11) is 0. The van der Waals surface area contributed by atoms with Crippen LogP contribution in [0.25, 0.3) is 0 Å². The zero-order valence-corrected chi connectivity index (χ0v) is 34.9. The molecule has 0 fully saturated rings. The lowest BCUT2D eigenvalue weighted by molar-refractivity contribution is -0.911. The van der Waals surface area contributed by atoms with Crippen molar-refractivity contribution in [3.63, 3.8) is 0 Å². The fourth-order valence-corrected chi connectivity index (χ4v) is 7.77. The van der Waals surface area contributed by atoms with Gasteiger partial charge in [-0.3, -0.25) is 0 Å². The smallest absolute Gasteiger partial charge is 0.327 e. The number of halogens is 23. The maximum Gasteiger partial charge on any atom is 0.438 e. The number of quaternary nitrogens is 1. The summed E-state index contributed by atoms with van der Waals surface area (Å²) in [4.78, 5) is 0.735. The van der Waals surface area contributed by atoms with E-state index in [-0.39, 0.29) is 0 Å². The van der Waals surface area contributed by atoms with E-state index in [2.05, 4.69) is 13.8 Å². The molecule has 67 heavy (non-hydrogen) atoms. The van der Waals surface area contributed by atoms with Crippen molar-refractivity contribution in [2.45, 2.75) is 97.1 Å². The number of alkyl halides is 3. The lowest BCUT2D eigenvalue weighted by Crippen LogP contribution is -3.13. The second kappa shape index (κ2) is 23.5. The van der Waals surface area contributed by atoms with Crippen LogP contribution >= 0.6 is 0 Å². The first-order chi connectivity index (χ1) is 31.2. The highest BCUT2D eigenvalue weighted by Gasteiger charge is 2.52. The maximum atomic E-state index is 15.4. The Morgan fingerprint density at radius 1 is 0.284 bits per heavy atom. The zero-order chi connectivity index (χ0) is 51.0. The van der Waals surface area contributed by atoms with Gasteiger partial charge in [0.25, 0.3) is 0 Å². The average Bonchev–Trinajstić information content (AvgIpc) is 3.28. The molecule has 0 spiro atoms. The molecule has 0 saturated heterocycles. The molecule has 0 aromatic heterocycles. The number of benzene rings is 4. The Hall–Kier alpha value is -4.71. The maximum absolute atomic E-state index is 15.4. The van der Waals surface area contributed by atoms with Crippen LogP contribution in [0.1, 0.15) is 90.9 Å². The number of unbranched alkanes of at least 4 members (excludes halogenated alkanes) is 10. The van der Waals surface area contributed by atoms with Crippen molar-refractivity contribution in [1.82, 2.24) is 0 Å². The number of nitrogens with one attached hydrogen (secondary N) is 1. The molecular weight excluding hydrogens is 966 g/mol. The molecule has 0 unspecified atom stereocenters. The molecule has 0 bridgehead atoms. The van der Waals surface area contributed by atoms with Crippen LogP contribution in [0.15, 0.2) is 0 Å². The van der Waals surface area contributed by atoms with Gasteiger partial charge in [0.05, 0.1) is 13.1 Å². The molecule has 4 aromatic rings. The monoisotopic (exact) mass is 1000 g/mol. The van der Waals surface area contributed by atoms with Crippen LogP contribution in [0.4, 0.5) is 101 Å². The van der Waals surface area contributed by atoms with E-state index in [0.717, 1.165) is 30.6 Å². The first-order valence-corrected chi connectivity index (χ1v) is 20.3. The Morgan fingerprint density at radius 3 is 0.657 bits per heavy atom. The second-order valence-corrected chi connectivity index (χ2v) is 15.4. The molecule has 0 aliphatic rings. The Morgan fingerprint density at radius 2 is 0.463 bits per heavy atom. The third-order valence-corrected chi connectivity index (χ3v) is 10.9. The highest BCUT2D eigenvalue weighted by atomic mass is 19.4. The van der Waals surface area contributed by atoms with Crippen molar-refractivity contribution < 1.29 is 106 Å². The van der Waals surface area contributed by atoms with E-state index >= 15 is 35.1 Å². The van der Waals surface area contributed by atoms with Crippen LogP contribution in [0.5, 0.6) is 0 Å². The largest absolute Gasteiger partial charge is 0.438 e. The third-order valence-electron chi connectivity index (χ3n) is 10.9. The molecule has 4 rings (SSSR count). The first-order valence-electron chi connectivity index (χ1n) is 20.3. The third kappa shape index (κ3) is 11.6. The van der Waals surface area contributed by atoms with Gasteiger partial charge in [-0.2, -0.15) is 13.2 Å². The Labute approximate surface area is 366 Å². The van der Waals surface area contributed by atoms with Crippen molar-refractivity contribution in [3.05, 3.63) is 116 Å². The van der Waals surface area contributed by atoms with Crippen LogP contribution in [0, 0.1) is 116 Å². The van der Waals surface area contributed by atoms with Gasteiger partial charge in [0.1, 0.15) is 52.7 Å². The zero-order valence-electron chi connectivity index (χ0n) is 34.9. The van der Waals surface area contributed by atoms with E-state index in [4.69, 9.17) is 0 Å². The number of rotatable bonds is 19. The lowest BCUT2D eigenvalue weighted by Gasteiger charge is -2.44. The summed E-state index contributed by atoms with van der Waals surface area (Å²) >= 11 is 0. The van der Waals surface area contributed by atoms with Gasteiger partial charge in [0, 0.05) is 0 Å². The topological polar surface area (TPSA) is 4.44 Å². The van der Waals surface area contributed by atoms with Crippen LogP contribution in [0.2, 0.25) is 0 Å². The van der Waals surface area contributed by atoms with Gasteiger partial charge in [-0.05, 0) is 25.7 Å². The fourth-order valence-electron chi connectivity index (χ4n) is 7.77. The van der Waals surface area contributed by atoms with E-state index in [1.165, 1.54) is 51.4 Å². The van der Waals surface area contributed by atoms with E-state index < -0.39 is 157 Å². The fraction of sp³-hybridized carbons (Fsp3) is 0.429. The summed E-state index contributed by atoms with van der Waals surface area (Å²) in [5.74, 6) is -71.4. The van der Waals surface area contributed by atoms with Crippen LogP contribution in [0.3, 0.4) is 0 Å². The van der Waals surface area contributed by atoms with E-state index in [1.54, 1.807) is 0 Å². The standard InChI is InChI=1S/C24BF20.C18H36F3N/c26-5-1(6(27)14(35)21(42)13(5)34)25(2-7(28)15(36)22(43)16(37)8(2)29,3-9(30)17(38)23(44)18(39)10(3)31)4-11(32)19(40)24(45)20(41)12(4)33;1-3-5-7-9-11-13-15-22(17-18(19,20)21)16-14-12-10-8-6-4-2/h;3-17H2,1-2H3/q-1;/p+1. The van der Waals surface area contributed by atoms with Crippen LogP contribution in [-0.2, 0) is 0 Å². The highest BCUT2D eigenvalue weighted by molar-refractivity contribution is 7.20. The van der Waals surface area contributed by atoms with Gasteiger partial charge >= 0.3 is 6.18 Å². The van der Waals surface area contributed by atoms with Gasteiger partial charge in [0.15, 0.2) is 76.4 Å². The van der Waals surface area contributed by atoms with Crippen molar-refractivity contribution in [3.8, 4) is 0 Å². The van der Waals surface area contributed by atoms with Gasteiger partial charge in [-0.1, -0.05) is 65.2 Å². The van der Waals surface area contributed by atoms with Crippen molar-refractivity contribution in [1.29, 1.82) is 0 Å². The first kappa shape index (κ1) is 56.6. The quantitative estimate of drug-likeness (QED) is 0.0314. The summed E-state index contributed by atoms with van der Waals surface area (Å²) in [5.41, 5.74) is -14.3. The van der Waals surface area contributed by atoms with Gasteiger partial charge in [-0.25, -0.2) is 87.8 Å². The highest BCUT2D eigenvalue weighted by Crippen LogP contribution is 2.31. The molecule has 0 saturated carbocycles. The predicted molar refractivity (Wildman–Crippen MR) is 198 cm³/mol. The van der Waals surface area contributed by atoms with Gasteiger partial charge in [-0.15, -0.1) is 21.9 Å². The van der Waals surface area contributed by atoms with Crippen molar-refractivity contribution in [2.24, 2.45) is 0 Å². The van der Waals surface area contributed by atoms with Crippen molar-refractivity contribution >= 4 is 28.0 Å². The molecule has 25 heteroatoms. The van der Waals surface area contributed by atoms with Crippen LogP contribution in [-0.4, -0.2) is 32.0 Å². The predicted octanol–water partition coefficient (Wildman–Crippen LogP) is 11.0. The van der Waals surface area contributed by atoms with Gasteiger partial charge in [0.2, 0.25) is 0 Å². The SMILES string of the molecule is CCCCCCCC[NH+](CCCCCCCC)CC(F)(F)F.Fc1c(F)c(F)c([B-](c2c(F)c(F)c(F)c(F)c2F)(c2c(F)c(F)c(F)c(F)c2F)c2c(F)c(F)c(F)c(F)c2F)c(F)c1F. The van der Waals surface area contributed by atoms with E-state index in [1.807, 2.05) is 0 Å². The van der Waals surface area contributed by atoms with Gasteiger partial charge < -0.3 is 4.90 Å². The minimum Gasteiger partial charge on any atom is -0.327 e.